The van der Waals surface area contributed by atoms with Gasteiger partial charge in [0.2, 0.25) is 5.88 Å². The molecule has 0 saturated heterocycles. The van der Waals surface area contributed by atoms with Crippen LogP contribution >= 0.6 is 35.0 Å². The third kappa shape index (κ3) is 3.91. The minimum Gasteiger partial charge on any atom is -0.475 e. The number of carbonyl (C=O) groups excluding carboxylic acids is 1. The van der Waals surface area contributed by atoms with E-state index in [1.807, 2.05) is 20.1 Å². The highest BCUT2D eigenvalue weighted by molar-refractivity contribution is 7.98. The van der Waals surface area contributed by atoms with Gasteiger partial charge in [-0.15, -0.1) is 0 Å². The van der Waals surface area contributed by atoms with Crippen molar-refractivity contribution in [2.45, 2.75) is 19.0 Å². The van der Waals surface area contributed by atoms with E-state index >= 15 is 0 Å². The smallest absolute Gasteiger partial charge is 0.267 e. The zero-order valence-electron chi connectivity index (χ0n) is 13.4. The fraction of sp³-hybridized carbons (Fsp3) is 0.333. The summed E-state index contributed by atoms with van der Waals surface area (Å²) >= 11 is 13.2. The Balaban J connectivity index is 0.00000100. The average molecular weight is 387 g/mol. The van der Waals surface area contributed by atoms with Gasteiger partial charge in [-0.2, -0.15) is 4.98 Å². The van der Waals surface area contributed by atoms with Gasteiger partial charge < -0.3 is 9.64 Å². The lowest BCUT2D eigenvalue weighted by atomic mass is 10.2. The molecule has 0 fully saturated rings. The Morgan fingerprint density at radius 3 is 2.62 bits per heavy atom. The second-order valence-electron chi connectivity index (χ2n) is 4.33. The molecule has 0 saturated carbocycles. The first-order valence-electron chi connectivity index (χ1n) is 7.28. The number of thioether (sulfide) groups is 1. The standard InChI is InChI=1S/C13H10Cl2N4O2S.C2H6/c1-22-13-17-10(15)9-11(18-13)21-5-4-19(12(9)20)7-2-3-8(14)16-6-7;1-2/h2-3,6H,4-5H2,1H3;1-2H3. The first-order valence-corrected chi connectivity index (χ1v) is 9.26. The van der Waals surface area contributed by atoms with Crippen LogP contribution < -0.4 is 9.64 Å². The maximum Gasteiger partial charge on any atom is 0.267 e. The van der Waals surface area contributed by atoms with Crippen molar-refractivity contribution in [3.63, 3.8) is 0 Å². The van der Waals surface area contributed by atoms with Gasteiger partial charge in [0.25, 0.3) is 5.91 Å². The number of carbonyl (C=O) groups is 1. The number of aromatic nitrogens is 3. The number of amides is 1. The van der Waals surface area contributed by atoms with Crippen LogP contribution in [0.3, 0.4) is 0 Å². The Labute approximate surface area is 154 Å². The van der Waals surface area contributed by atoms with E-state index < -0.39 is 0 Å². The van der Waals surface area contributed by atoms with Gasteiger partial charge in [0.05, 0.1) is 18.4 Å². The molecule has 0 bridgehead atoms. The van der Waals surface area contributed by atoms with Gasteiger partial charge in [-0.25, -0.2) is 9.97 Å². The lowest BCUT2D eigenvalue weighted by Gasteiger charge is -2.19. The third-order valence-corrected chi connectivity index (χ3v) is 4.07. The van der Waals surface area contributed by atoms with Crippen LogP contribution in [0.4, 0.5) is 5.69 Å². The molecule has 3 heterocycles. The van der Waals surface area contributed by atoms with Crippen LogP contribution in [0.1, 0.15) is 24.2 Å². The van der Waals surface area contributed by atoms with Crippen LogP contribution in [0.2, 0.25) is 10.3 Å². The molecule has 0 radical (unpaired) electrons. The number of fused-ring (bicyclic) bond motifs is 1. The number of nitrogens with zero attached hydrogens (tertiary/aromatic N) is 4. The van der Waals surface area contributed by atoms with E-state index in [0.29, 0.717) is 29.1 Å². The van der Waals surface area contributed by atoms with E-state index in [0.717, 1.165) is 0 Å². The Hall–Kier alpha value is -1.57. The Bertz CT molecular complexity index is 728. The number of pyridine rings is 1. The third-order valence-electron chi connectivity index (χ3n) is 3.03. The summed E-state index contributed by atoms with van der Waals surface area (Å²) < 4.78 is 5.56. The molecule has 2 aromatic heterocycles. The molecule has 0 aliphatic carbocycles. The molecule has 1 amide bonds. The zero-order valence-corrected chi connectivity index (χ0v) is 15.7. The van der Waals surface area contributed by atoms with Crippen molar-refractivity contribution >= 4 is 46.6 Å². The maximum atomic E-state index is 12.8. The summed E-state index contributed by atoms with van der Waals surface area (Å²) in [6.07, 6.45) is 3.35. The maximum absolute atomic E-state index is 12.8. The summed E-state index contributed by atoms with van der Waals surface area (Å²) in [5.41, 5.74) is 0.766. The molecular weight excluding hydrogens is 371 g/mol. The van der Waals surface area contributed by atoms with Crippen LogP contribution in [0.25, 0.3) is 0 Å². The van der Waals surface area contributed by atoms with Crippen LogP contribution in [-0.4, -0.2) is 40.3 Å². The Morgan fingerprint density at radius 1 is 1.25 bits per heavy atom. The first-order chi connectivity index (χ1) is 11.6. The van der Waals surface area contributed by atoms with Crippen molar-refractivity contribution in [2.24, 2.45) is 0 Å². The van der Waals surface area contributed by atoms with Gasteiger partial charge in [0.1, 0.15) is 22.5 Å². The highest BCUT2D eigenvalue weighted by Gasteiger charge is 2.30. The SMILES string of the molecule is CC.CSc1nc(Cl)c2c(n1)OCCN(c1ccc(Cl)nc1)C2=O. The first kappa shape index (κ1) is 18.8. The van der Waals surface area contributed by atoms with E-state index in [1.54, 1.807) is 12.1 Å². The van der Waals surface area contributed by atoms with Crippen molar-refractivity contribution in [3.8, 4) is 5.88 Å². The molecule has 9 heteroatoms. The predicted octanol–water partition coefficient (Wildman–Crippen LogP) is 3.97. The molecule has 1 aliphatic heterocycles. The van der Waals surface area contributed by atoms with Crippen molar-refractivity contribution in [1.29, 1.82) is 0 Å². The minimum atomic E-state index is -0.325. The van der Waals surface area contributed by atoms with E-state index in [4.69, 9.17) is 27.9 Å². The molecule has 1 aliphatic rings. The van der Waals surface area contributed by atoms with Crippen molar-refractivity contribution < 1.29 is 9.53 Å². The van der Waals surface area contributed by atoms with Gasteiger partial charge >= 0.3 is 0 Å². The van der Waals surface area contributed by atoms with E-state index in [2.05, 4.69) is 15.0 Å². The van der Waals surface area contributed by atoms with Gasteiger partial charge in [-0.1, -0.05) is 48.8 Å². The second-order valence-corrected chi connectivity index (χ2v) is 5.84. The Morgan fingerprint density at radius 2 is 2.00 bits per heavy atom. The van der Waals surface area contributed by atoms with Gasteiger partial charge in [-0.05, 0) is 18.4 Å². The normalized spacial score (nSPS) is 13.4. The number of ether oxygens (including phenoxy) is 1. The van der Waals surface area contributed by atoms with Crippen LogP contribution in [0.15, 0.2) is 23.5 Å². The van der Waals surface area contributed by atoms with Crippen LogP contribution in [0.5, 0.6) is 5.88 Å². The lowest BCUT2D eigenvalue weighted by Crippen LogP contribution is -2.32. The number of halogens is 2. The number of hydrogen-bond donors (Lipinski definition) is 0. The number of hydrogen-bond acceptors (Lipinski definition) is 6. The Kier molecular flexibility index (Phi) is 6.65. The number of anilines is 1. The number of rotatable bonds is 2. The highest BCUT2D eigenvalue weighted by atomic mass is 35.5. The van der Waals surface area contributed by atoms with Crippen molar-refractivity contribution in [3.05, 3.63) is 34.2 Å². The summed E-state index contributed by atoms with van der Waals surface area (Å²) in [6, 6.07) is 3.33. The fourth-order valence-corrected chi connectivity index (χ4v) is 2.78. The zero-order chi connectivity index (χ0) is 17.7. The van der Waals surface area contributed by atoms with Gasteiger partial charge in [-0.3, -0.25) is 4.79 Å². The summed E-state index contributed by atoms with van der Waals surface area (Å²) in [5, 5.41) is 0.889. The molecule has 0 atom stereocenters. The molecule has 0 unspecified atom stereocenters. The van der Waals surface area contributed by atoms with Crippen molar-refractivity contribution in [1.82, 2.24) is 15.0 Å². The molecule has 24 heavy (non-hydrogen) atoms. The molecule has 3 rings (SSSR count). The van der Waals surface area contributed by atoms with Gasteiger partial charge in [0, 0.05) is 0 Å². The summed E-state index contributed by atoms with van der Waals surface area (Å²) in [7, 11) is 0. The summed E-state index contributed by atoms with van der Waals surface area (Å²) in [5.74, 6) is -0.118. The topological polar surface area (TPSA) is 68.2 Å². The molecule has 6 nitrogen and oxygen atoms in total. The molecule has 0 N–H and O–H groups in total. The largest absolute Gasteiger partial charge is 0.475 e. The highest BCUT2D eigenvalue weighted by Crippen LogP contribution is 2.31. The quantitative estimate of drug-likeness (QED) is 0.336. The fourth-order valence-electron chi connectivity index (χ4n) is 2.02. The predicted molar refractivity (Wildman–Crippen MR) is 96.6 cm³/mol. The molecule has 0 aromatic carbocycles. The summed E-state index contributed by atoms with van der Waals surface area (Å²) in [6.45, 7) is 4.64. The van der Waals surface area contributed by atoms with Crippen LogP contribution in [0, 0.1) is 0 Å². The molecule has 128 valence electrons. The van der Waals surface area contributed by atoms with Crippen molar-refractivity contribution in [2.75, 3.05) is 24.3 Å². The monoisotopic (exact) mass is 386 g/mol. The van der Waals surface area contributed by atoms with E-state index in [9.17, 15) is 4.79 Å². The minimum absolute atomic E-state index is 0.0770. The molecule has 2 aromatic rings. The lowest BCUT2D eigenvalue weighted by molar-refractivity contribution is 0.0989. The van der Waals surface area contributed by atoms with E-state index in [1.165, 1.54) is 22.9 Å². The summed E-state index contributed by atoms with van der Waals surface area (Å²) in [4.78, 5) is 26.6. The van der Waals surface area contributed by atoms with Crippen LogP contribution in [-0.2, 0) is 0 Å². The van der Waals surface area contributed by atoms with E-state index in [-0.39, 0.29) is 22.5 Å². The second kappa shape index (κ2) is 8.50. The molecule has 0 spiro atoms. The molecular formula is C15H16Cl2N4O2S. The average Bonchev–Trinajstić information content (AvgIpc) is 2.76. The van der Waals surface area contributed by atoms with Gasteiger partial charge in [0.15, 0.2) is 5.16 Å².